The van der Waals surface area contributed by atoms with Crippen molar-refractivity contribution < 1.29 is 4.79 Å². The number of hydrogen-bond donors (Lipinski definition) is 1. The number of aryl methyl sites for hydroxylation is 3. The van der Waals surface area contributed by atoms with Crippen LogP contribution in [0.1, 0.15) is 39.6 Å². The topological polar surface area (TPSA) is 37.3 Å². The van der Waals surface area contributed by atoms with E-state index in [0.717, 1.165) is 33.8 Å². The van der Waals surface area contributed by atoms with Crippen LogP contribution in [0.15, 0.2) is 85.1 Å². The fourth-order valence-corrected chi connectivity index (χ4v) is 4.45. The van der Waals surface area contributed by atoms with Gasteiger partial charge in [0.05, 0.1) is 18.3 Å². The van der Waals surface area contributed by atoms with Crippen molar-refractivity contribution in [3.05, 3.63) is 119 Å². The summed E-state index contributed by atoms with van der Waals surface area (Å²) in [5, 5.41) is 3.15. The maximum atomic E-state index is 13.7. The minimum absolute atomic E-state index is 0.108. The number of amides is 2. The highest BCUT2D eigenvalue weighted by Gasteiger charge is 2.32. The predicted molar refractivity (Wildman–Crippen MR) is 129 cm³/mol. The molecule has 3 aromatic carbocycles. The minimum Gasteiger partial charge on any atom is -0.318 e. The van der Waals surface area contributed by atoms with Gasteiger partial charge in [-0.2, -0.15) is 0 Å². The second-order valence-electron chi connectivity index (χ2n) is 8.60. The van der Waals surface area contributed by atoms with Crippen LogP contribution in [0.3, 0.4) is 0 Å². The van der Waals surface area contributed by atoms with Gasteiger partial charge >= 0.3 is 6.03 Å². The Kier molecular flexibility index (Phi) is 5.06. The van der Waals surface area contributed by atoms with Crippen molar-refractivity contribution in [2.75, 3.05) is 5.32 Å². The highest BCUT2D eigenvalue weighted by Crippen LogP contribution is 2.37. The van der Waals surface area contributed by atoms with Gasteiger partial charge < -0.3 is 14.8 Å². The SMILES string of the molecule is Cc1ccc(C2c3cccn3-c3ccccc3CN2C(=O)Nc2ccc(C)c(C)c2)cc1. The van der Waals surface area contributed by atoms with Crippen LogP contribution in [0.4, 0.5) is 10.5 Å². The molecule has 4 heteroatoms. The fourth-order valence-electron chi connectivity index (χ4n) is 4.45. The monoisotopic (exact) mass is 421 g/mol. The van der Waals surface area contributed by atoms with Crippen LogP contribution >= 0.6 is 0 Å². The van der Waals surface area contributed by atoms with Crippen LogP contribution in [0.25, 0.3) is 5.69 Å². The molecule has 1 N–H and O–H groups in total. The molecule has 1 atom stereocenters. The number of hydrogen-bond acceptors (Lipinski definition) is 1. The highest BCUT2D eigenvalue weighted by molar-refractivity contribution is 5.90. The Labute approximate surface area is 189 Å². The van der Waals surface area contributed by atoms with Gasteiger partial charge in [0.2, 0.25) is 0 Å². The van der Waals surface area contributed by atoms with Gasteiger partial charge in [-0.3, -0.25) is 0 Å². The molecule has 0 saturated heterocycles. The molecule has 0 saturated carbocycles. The lowest BCUT2D eigenvalue weighted by Gasteiger charge is -2.31. The largest absolute Gasteiger partial charge is 0.322 e. The third-order valence-corrected chi connectivity index (χ3v) is 6.38. The number of anilines is 1. The van der Waals surface area contributed by atoms with E-state index in [1.807, 2.05) is 35.2 Å². The summed E-state index contributed by atoms with van der Waals surface area (Å²) in [4.78, 5) is 15.7. The van der Waals surface area contributed by atoms with Crippen molar-refractivity contribution in [1.82, 2.24) is 9.47 Å². The van der Waals surface area contributed by atoms with Crippen molar-refractivity contribution >= 4 is 11.7 Å². The van der Waals surface area contributed by atoms with Crippen LogP contribution in [0.5, 0.6) is 0 Å². The van der Waals surface area contributed by atoms with Crippen LogP contribution in [0.2, 0.25) is 0 Å². The first kappa shape index (κ1) is 20.1. The zero-order valence-corrected chi connectivity index (χ0v) is 18.7. The summed E-state index contributed by atoms with van der Waals surface area (Å²) in [6.45, 7) is 6.75. The molecule has 4 nitrogen and oxygen atoms in total. The Bertz CT molecular complexity index is 1290. The Balaban J connectivity index is 1.61. The molecule has 1 unspecified atom stereocenters. The number of urea groups is 1. The second-order valence-corrected chi connectivity index (χ2v) is 8.60. The lowest BCUT2D eigenvalue weighted by atomic mass is 10.0. The minimum atomic E-state index is -0.204. The van der Waals surface area contributed by atoms with E-state index >= 15 is 0 Å². The van der Waals surface area contributed by atoms with Crippen molar-refractivity contribution in [2.45, 2.75) is 33.4 Å². The molecule has 0 bridgehead atoms. The zero-order chi connectivity index (χ0) is 22.2. The molecular formula is C28H27N3O. The number of fused-ring (bicyclic) bond motifs is 3. The molecular weight excluding hydrogens is 394 g/mol. The van der Waals surface area contributed by atoms with Crippen LogP contribution in [0, 0.1) is 20.8 Å². The molecule has 0 spiro atoms. The van der Waals surface area contributed by atoms with Gasteiger partial charge in [0.15, 0.2) is 0 Å². The number of para-hydroxylation sites is 1. The van der Waals surface area contributed by atoms with Crippen LogP contribution in [-0.4, -0.2) is 15.5 Å². The average molecular weight is 422 g/mol. The van der Waals surface area contributed by atoms with Crippen molar-refractivity contribution in [2.24, 2.45) is 0 Å². The summed E-state index contributed by atoms with van der Waals surface area (Å²) in [6.07, 6.45) is 2.08. The molecule has 32 heavy (non-hydrogen) atoms. The molecule has 5 rings (SSSR count). The van der Waals surface area contributed by atoms with Gasteiger partial charge in [-0.25, -0.2) is 4.79 Å². The summed E-state index contributed by atoms with van der Waals surface area (Å²) in [5.74, 6) is 0. The van der Waals surface area contributed by atoms with Gasteiger partial charge in [-0.05, 0) is 73.4 Å². The zero-order valence-electron chi connectivity index (χ0n) is 18.7. The fraction of sp³-hybridized carbons (Fsp3) is 0.179. The van der Waals surface area contributed by atoms with E-state index in [4.69, 9.17) is 0 Å². The van der Waals surface area contributed by atoms with Crippen molar-refractivity contribution in [3.8, 4) is 5.69 Å². The summed E-state index contributed by atoms with van der Waals surface area (Å²) < 4.78 is 2.21. The maximum Gasteiger partial charge on any atom is 0.322 e. The number of nitrogens with one attached hydrogen (secondary N) is 1. The Morgan fingerprint density at radius 1 is 0.875 bits per heavy atom. The van der Waals surface area contributed by atoms with Gasteiger partial charge in [-0.1, -0.05) is 54.1 Å². The smallest absolute Gasteiger partial charge is 0.318 e. The number of carbonyl (C=O) groups is 1. The lowest BCUT2D eigenvalue weighted by Crippen LogP contribution is -2.37. The standard InChI is InChI=1S/C28H27N3O/c1-19-10-13-22(14-11-19)27-26-9-6-16-30(26)25-8-5-4-7-23(25)18-31(27)28(32)29-24-15-12-20(2)21(3)17-24/h4-17,27H,18H2,1-3H3,(H,29,32). The third-order valence-electron chi connectivity index (χ3n) is 6.38. The summed E-state index contributed by atoms with van der Waals surface area (Å²) in [6, 6.07) is 26.7. The average Bonchev–Trinajstić information content (AvgIpc) is 3.21. The second kappa shape index (κ2) is 8.04. The molecule has 0 fully saturated rings. The van der Waals surface area contributed by atoms with Crippen molar-refractivity contribution in [1.29, 1.82) is 0 Å². The first-order chi connectivity index (χ1) is 15.5. The molecule has 2 heterocycles. The van der Waals surface area contributed by atoms with E-state index in [0.29, 0.717) is 6.54 Å². The lowest BCUT2D eigenvalue weighted by molar-refractivity contribution is 0.194. The van der Waals surface area contributed by atoms with Crippen LogP contribution < -0.4 is 5.32 Å². The van der Waals surface area contributed by atoms with E-state index in [1.54, 1.807) is 0 Å². The third kappa shape index (κ3) is 3.58. The molecule has 160 valence electrons. The molecule has 4 aromatic rings. The summed E-state index contributed by atoms with van der Waals surface area (Å²) in [5.41, 5.74) is 8.80. The van der Waals surface area contributed by atoms with E-state index in [-0.39, 0.29) is 12.1 Å². The first-order valence-electron chi connectivity index (χ1n) is 11.0. The number of nitrogens with zero attached hydrogens (tertiary/aromatic N) is 2. The van der Waals surface area contributed by atoms with Gasteiger partial charge in [0.25, 0.3) is 0 Å². The number of carbonyl (C=O) groups excluding carboxylic acids is 1. The van der Waals surface area contributed by atoms with E-state index in [9.17, 15) is 4.79 Å². The summed E-state index contributed by atoms with van der Waals surface area (Å²) in [7, 11) is 0. The molecule has 1 aromatic heterocycles. The number of rotatable bonds is 2. The van der Waals surface area contributed by atoms with Crippen LogP contribution in [-0.2, 0) is 6.54 Å². The van der Waals surface area contributed by atoms with Gasteiger partial charge in [0.1, 0.15) is 0 Å². The van der Waals surface area contributed by atoms with Crippen molar-refractivity contribution in [3.63, 3.8) is 0 Å². The number of aromatic nitrogens is 1. The highest BCUT2D eigenvalue weighted by atomic mass is 16.2. The molecule has 1 aliphatic rings. The predicted octanol–water partition coefficient (Wildman–Crippen LogP) is 6.54. The molecule has 0 aliphatic carbocycles. The quantitative estimate of drug-likeness (QED) is 0.392. The van der Waals surface area contributed by atoms with E-state index in [1.165, 1.54) is 11.1 Å². The molecule has 0 radical (unpaired) electrons. The maximum absolute atomic E-state index is 13.7. The Morgan fingerprint density at radius 3 is 2.44 bits per heavy atom. The summed E-state index contributed by atoms with van der Waals surface area (Å²) >= 11 is 0. The Hall–Kier alpha value is -3.79. The molecule has 2 amide bonds. The van der Waals surface area contributed by atoms with Gasteiger partial charge in [-0.15, -0.1) is 0 Å². The Morgan fingerprint density at radius 2 is 1.66 bits per heavy atom. The number of benzene rings is 3. The van der Waals surface area contributed by atoms with Gasteiger partial charge in [0, 0.05) is 17.6 Å². The van der Waals surface area contributed by atoms with E-state index < -0.39 is 0 Å². The normalized spacial score (nSPS) is 15.0. The van der Waals surface area contributed by atoms with E-state index in [2.05, 4.69) is 85.4 Å². The first-order valence-corrected chi connectivity index (χ1v) is 11.0. The molecule has 1 aliphatic heterocycles.